The average Bonchev–Trinajstić information content (AvgIpc) is 2.89. The van der Waals surface area contributed by atoms with Crippen molar-refractivity contribution in [2.75, 3.05) is 10.1 Å². The van der Waals surface area contributed by atoms with E-state index in [-0.39, 0.29) is 40.4 Å². The summed E-state index contributed by atoms with van der Waals surface area (Å²) >= 11 is 6.09. The number of hydrogen-bond acceptors (Lipinski definition) is 4. The Hall–Kier alpha value is -2.38. The summed E-state index contributed by atoms with van der Waals surface area (Å²) < 4.78 is 24.9. The van der Waals surface area contributed by atoms with Crippen LogP contribution in [0, 0.1) is 0 Å². The van der Waals surface area contributed by atoms with E-state index in [0.29, 0.717) is 4.31 Å². The standard InChI is InChI=1S/C18H17ClN2O4S/c1-12(13-5-3-2-4-6-13)20-18(23)14-7-8-15(19)16(11-14)21-17(22)9-10-26(21,24)25/h2-8,11-12H,9-10H2,1H3,(H,20,23)/t12-/m0/s1. The molecule has 1 fully saturated rings. The number of hydrogen-bond donors (Lipinski definition) is 1. The Kier molecular flexibility index (Phi) is 5.02. The van der Waals surface area contributed by atoms with Gasteiger partial charge >= 0.3 is 0 Å². The summed E-state index contributed by atoms with van der Waals surface area (Å²) in [4.78, 5) is 24.5. The minimum absolute atomic E-state index is 0.00850. The molecule has 0 aromatic heterocycles. The molecular weight excluding hydrogens is 376 g/mol. The lowest BCUT2D eigenvalue weighted by Gasteiger charge is -2.18. The van der Waals surface area contributed by atoms with E-state index in [1.54, 1.807) is 0 Å². The minimum atomic E-state index is -3.75. The Morgan fingerprint density at radius 1 is 1.19 bits per heavy atom. The van der Waals surface area contributed by atoms with E-state index in [9.17, 15) is 18.0 Å². The summed E-state index contributed by atoms with van der Waals surface area (Å²) in [6, 6.07) is 13.4. The molecule has 8 heteroatoms. The van der Waals surface area contributed by atoms with Gasteiger partial charge in [0.25, 0.3) is 5.91 Å². The van der Waals surface area contributed by atoms with Crippen molar-refractivity contribution in [3.05, 3.63) is 64.7 Å². The third-order valence-corrected chi connectivity index (χ3v) is 6.15. The first-order valence-electron chi connectivity index (χ1n) is 8.01. The average molecular weight is 393 g/mol. The molecule has 1 saturated heterocycles. The van der Waals surface area contributed by atoms with Gasteiger partial charge in [-0.25, -0.2) is 12.7 Å². The number of nitrogens with one attached hydrogen (secondary N) is 1. The van der Waals surface area contributed by atoms with Gasteiger partial charge in [0.2, 0.25) is 15.9 Å². The van der Waals surface area contributed by atoms with Crippen molar-refractivity contribution in [2.45, 2.75) is 19.4 Å². The number of carbonyl (C=O) groups excluding carboxylic acids is 2. The third kappa shape index (κ3) is 3.59. The summed E-state index contributed by atoms with van der Waals surface area (Å²) in [7, 11) is -3.75. The molecule has 0 aliphatic carbocycles. The first-order valence-corrected chi connectivity index (χ1v) is 9.99. The second-order valence-electron chi connectivity index (χ2n) is 6.00. The van der Waals surface area contributed by atoms with Crippen LogP contribution in [0.25, 0.3) is 0 Å². The Morgan fingerprint density at radius 3 is 2.50 bits per heavy atom. The van der Waals surface area contributed by atoms with Crippen molar-refractivity contribution in [2.24, 2.45) is 0 Å². The van der Waals surface area contributed by atoms with E-state index < -0.39 is 15.9 Å². The highest BCUT2D eigenvalue weighted by molar-refractivity contribution is 7.94. The highest BCUT2D eigenvalue weighted by Gasteiger charge is 2.37. The van der Waals surface area contributed by atoms with Crippen LogP contribution in [0.5, 0.6) is 0 Å². The summed E-state index contributed by atoms with van der Waals surface area (Å²) in [6.45, 7) is 1.85. The maximum atomic E-state index is 12.5. The molecule has 0 saturated carbocycles. The molecule has 1 aliphatic rings. The number of sulfonamides is 1. The number of rotatable bonds is 4. The van der Waals surface area contributed by atoms with E-state index in [1.165, 1.54) is 18.2 Å². The number of carbonyl (C=O) groups is 2. The molecule has 0 radical (unpaired) electrons. The van der Waals surface area contributed by atoms with Gasteiger partial charge in [-0.15, -0.1) is 0 Å². The molecule has 2 amide bonds. The maximum absolute atomic E-state index is 12.5. The summed E-state index contributed by atoms with van der Waals surface area (Å²) in [5.74, 6) is -1.20. The SMILES string of the molecule is C[C@H](NC(=O)c1ccc(Cl)c(N2C(=O)CCS2(=O)=O)c1)c1ccccc1. The van der Waals surface area contributed by atoms with Crippen molar-refractivity contribution in [3.8, 4) is 0 Å². The molecule has 136 valence electrons. The fourth-order valence-corrected chi connectivity index (χ4v) is 4.48. The monoisotopic (exact) mass is 392 g/mol. The first-order chi connectivity index (χ1) is 12.3. The Bertz CT molecular complexity index is 960. The molecule has 1 aliphatic heterocycles. The normalized spacial score (nSPS) is 17.2. The van der Waals surface area contributed by atoms with Gasteiger partial charge in [0.15, 0.2) is 0 Å². The molecule has 1 N–H and O–H groups in total. The molecule has 0 bridgehead atoms. The summed E-state index contributed by atoms with van der Waals surface area (Å²) in [5, 5.41) is 2.94. The van der Waals surface area contributed by atoms with Crippen LogP contribution in [0.15, 0.2) is 48.5 Å². The van der Waals surface area contributed by atoms with Crippen LogP contribution in [0.3, 0.4) is 0 Å². The van der Waals surface area contributed by atoms with Gasteiger partial charge in [0.05, 0.1) is 22.5 Å². The number of amides is 2. The van der Waals surface area contributed by atoms with Crippen LogP contribution in [0.1, 0.15) is 35.3 Å². The van der Waals surface area contributed by atoms with E-state index in [0.717, 1.165) is 5.56 Å². The molecule has 0 unspecified atom stereocenters. The zero-order valence-corrected chi connectivity index (χ0v) is 15.5. The van der Waals surface area contributed by atoms with Gasteiger partial charge in [-0.1, -0.05) is 41.9 Å². The summed E-state index contributed by atoms with van der Waals surface area (Å²) in [6.07, 6.45) is -0.0971. The third-order valence-electron chi connectivity index (χ3n) is 4.15. The van der Waals surface area contributed by atoms with Crippen molar-refractivity contribution in [3.63, 3.8) is 0 Å². The zero-order chi connectivity index (χ0) is 18.9. The van der Waals surface area contributed by atoms with E-state index in [1.807, 2.05) is 37.3 Å². The molecule has 1 atom stereocenters. The van der Waals surface area contributed by atoms with Crippen LogP contribution in [-0.4, -0.2) is 26.0 Å². The Morgan fingerprint density at radius 2 is 1.88 bits per heavy atom. The van der Waals surface area contributed by atoms with Crippen LogP contribution < -0.4 is 9.62 Å². The molecule has 2 aromatic carbocycles. The van der Waals surface area contributed by atoms with E-state index >= 15 is 0 Å². The van der Waals surface area contributed by atoms with Crippen molar-refractivity contribution in [1.82, 2.24) is 5.32 Å². The van der Waals surface area contributed by atoms with Crippen LogP contribution in [-0.2, 0) is 14.8 Å². The van der Waals surface area contributed by atoms with Crippen molar-refractivity contribution < 1.29 is 18.0 Å². The van der Waals surface area contributed by atoms with E-state index in [2.05, 4.69) is 5.32 Å². The minimum Gasteiger partial charge on any atom is -0.346 e. The second-order valence-corrected chi connectivity index (χ2v) is 8.34. The Labute approximate surface area is 156 Å². The lowest BCUT2D eigenvalue weighted by molar-refractivity contribution is -0.116. The van der Waals surface area contributed by atoms with Crippen LogP contribution >= 0.6 is 11.6 Å². The predicted molar refractivity (Wildman–Crippen MR) is 99.7 cm³/mol. The summed E-state index contributed by atoms with van der Waals surface area (Å²) in [5.41, 5.74) is 1.17. The number of anilines is 1. The van der Waals surface area contributed by atoms with E-state index in [4.69, 9.17) is 11.6 Å². The van der Waals surface area contributed by atoms with Gasteiger partial charge in [-0.2, -0.15) is 0 Å². The first kappa shape index (κ1) is 18.4. The molecule has 0 spiro atoms. The molecular formula is C18H17ClN2O4S. The molecule has 3 rings (SSSR count). The van der Waals surface area contributed by atoms with Crippen molar-refractivity contribution >= 4 is 39.1 Å². The lowest BCUT2D eigenvalue weighted by Crippen LogP contribution is -2.30. The maximum Gasteiger partial charge on any atom is 0.251 e. The highest BCUT2D eigenvalue weighted by Crippen LogP contribution is 2.33. The number of nitrogens with zero attached hydrogens (tertiary/aromatic N) is 1. The molecule has 26 heavy (non-hydrogen) atoms. The fraction of sp³-hybridized carbons (Fsp3) is 0.222. The van der Waals surface area contributed by atoms with Crippen LogP contribution in [0.2, 0.25) is 5.02 Å². The quantitative estimate of drug-likeness (QED) is 0.867. The smallest absolute Gasteiger partial charge is 0.251 e. The molecule has 2 aromatic rings. The lowest BCUT2D eigenvalue weighted by atomic mass is 10.1. The Balaban J connectivity index is 1.88. The second kappa shape index (κ2) is 7.09. The van der Waals surface area contributed by atoms with Gasteiger partial charge in [0.1, 0.15) is 0 Å². The van der Waals surface area contributed by atoms with Gasteiger partial charge in [-0.05, 0) is 30.7 Å². The molecule has 1 heterocycles. The number of benzene rings is 2. The fourth-order valence-electron chi connectivity index (χ4n) is 2.76. The van der Waals surface area contributed by atoms with Gasteiger partial charge in [-0.3, -0.25) is 9.59 Å². The topological polar surface area (TPSA) is 83.6 Å². The van der Waals surface area contributed by atoms with Crippen LogP contribution in [0.4, 0.5) is 5.69 Å². The molecule has 6 nitrogen and oxygen atoms in total. The van der Waals surface area contributed by atoms with Gasteiger partial charge < -0.3 is 5.32 Å². The zero-order valence-electron chi connectivity index (χ0n) is 14.0. The number of halogens is 1. The van der Waals surface area contributed by atoms with Crippen molar-refractivity contribution in [1.29, 1.82) is 0 Å². The van der Waals surface area contributed by atoms with Gasteiger partial charge in [0, 0.05) is 12.0 Å². The highest BCUT2D eigenvalue weighted by atomic mass is 35.5. The predicted octanol–water partition coefficient (Wildman–Crippen LogP) is 2.90. The largest absolute Gasteiger partial charge is 0.346 e.